The van der Waals surface area contributed by atoms with E-state index in [9.17, 15) is 5.11 Å². The van der Waals surface area contributed by atoms with E-state index in [2.05, 4.69) is 126 Å². The molecule has 1 N–H and O–H groups in total. The number of allylic oxidation sites excluding steroid dienone is 7. The molecular weight excluding hydrogens is 595 g/mol. The molecule has 0 fully saturated rings. The quantitative estimate of drug-likeness (QED) is 0.151. The zero-order valence-electron chi connectivity index (χ0n) is 29.8. The van der Waals surface area contributed by atoms with Crippen LogP contribution in [-0.2, 0) is 5.41 Å². The highest BCUT2D eigenvalue weighted by atomic mass is 16.3. The third-order valence-corrected chi connectivity index (χ3v) is 10.2. The Kier molecular flexibility index (Phi) is 9.49. The van der Waals surface area contributed by atoms with Gasteiger partial charge in [-0.25, -0.2) is 0 Å². The Balaban J connectivity index is 1.29. The van der Waals surface area contributed by atoms with Gasteiger partial charge in [0.1, 0.15) is 5.75 Å². The summed E-state index contributed by atoms with van der Waals surface area (Å²) in [6.07, 6.45) is 10.8. The van der Waals surface area contributed by atoms with Gasteiger partial charge in [0, 0.05) is 35.1 Å². The van der Waals surface area contributed by atoms with E-state index in [1.807, 2.05) is 48.5 Å². The topological polar surface area (TPSA) is 32.6 Å². The van der Waals surface area contributed by atoms with Gasteiger partial charge in [0.2, 0.25) is 0 Å². The number of hydrogen-bond donors (Lipinski definition) is 1. The first kappa shape index (κ1) is 33.8. The lowest BCUT2D eigenvalue weighted by atomic mass is 9.63. The fourth-order valence-electron chi connectivity index (χ4n) is 7.98. The molecule has 2 aliphatic rings. The summed E-state index contributed by atoms with van der Waals surface area (Å²) in [6.45, 7) is 17.4. The lowest BCUT2D eigenvalue weighted by Gasteiger charge is -2.40. The zero-order chi connectivity index (χ0) is 34.8. The van der Waals surface area contributed by atoms with Crippen molar-refractivity contribution < 1.29 is 5.11 Å². The van der Waals surface area contributed by atoms with Gasteiger partial charge in [-0.05, 0) is 107 Å². The summed E-state index contributed by atoms with van der Waals surface area (Å²) >= 11 is 0. The number of nitrogens with zero attached hydrogens (tertiary/aromatic N) is 1. The average Bonchev–Trinajstić information content (AvgIpc) is 3.61. The molecule has 0 saturated heterocycles. The van der Waals surface area contributed by atoms with Crippen molar-refractivity contribution in [3.05, 3.63) is 166 Å². The van der Waals surface area contributed by atoms with Crippen LogP contribution in [0, 0.1) is 17.3 Å². The lowest BCUT2D eigenvalue weighted by Crippen LogP contribution is -2.29. The number of para-hydroxylation sites is 1. The number of aromatic hydroxyl groups is 1. The normalized spacial score (nSPS) is 15.8. The van der Waals surface area contributed by atoms with Gasteiger partial charge >= 0.3 is 0 Å². The highest BCUT2D eigenvalue weighted by molar-refractivity contribution is 5.86. The molecule has 2 aliphatic carbocycles. The first-order valence-corrected chi connectivity index (χ1v) is 17.4. The maximum atomic E-state index is 10.8. The molecule has 6 rings (SSSR count). The van der Waals surface area contributed by atoms with Crippen LogP contribution in [0.5, 0.6) is 5.75 Å². The molecule has 0 aromatic heterocycles. The molecule has 0 radical (unpaired) electrons. The minimum absolute atomic E-state index is 0.148. The molecule has 1 atom stereocenters. The van der Waals surface area contributed by atoms with Crippen molar-refractivity contribution in [1.82, 2.24) is 0 Å². The van der Waals surface area contributed by atoms with E-state index in [0.717, 1.165) is 36.1 Å². The van der Waals surface area contributed by atoms with E-state index in [4.69, 9.17) is 0 Å². The van der Waals surface area contributed by atoms with E-state index in [0.29, 0.717) is 5.56 Å². The van der Waals surface area contributed by atoms with Crippen molar-refractivity contribution in [2.75, 3.05) is 0 Å². The Hall–Kier alpha value is -5.13. The molecule has 246 valence electrons. The maximum Gasteiger partial charge on any atom is 0.128 e. The molecule has 2 nitrogen and oxygen atoms in total. The second kappa shape index (κ2) is 13.8. The highest BCUT2D eigenvalue weighted by Crippen LogP contribution is 2.60. The highest BCUT2D eigenvalue weighted by Gasteiger charge is 2.46. The smallest absolute Gasteiger partial charge is 0.128 e. The summed E-state index contributed by atoms with van der Waals surface area (Å²) in [5.74, 6) is 7.49. The van der Waals surface area contributed by atoms with Gasteiger partial charge in [0.05, 0.1) is 5.69 Å². The Bertz CT molecular complexity index is 2040. The van der Waals surface area contributed by atoms with Gasteiger partial charge in [-0.15, -0.1) is 0 Å². The first-order chi connectivity index (χ1) is 23.6. The molecule has 0 amide bonds. The summed E-state index contributed by atoms with van der Waals surface area (Å²) in [5, 5.41) is 10.8. The predicted octanol–water partition coefficient (Wildman–Crippen LogP) is 12.2. The summed E-state index contributed by atoms with van der Waals surface area (Å²) in [5.41, 5.74) is 14.1. The van der Waals surface area contributed by atoms with Gasteiger partial charge in [0.15, 0.2) is 0 Å². The third kappa shape index (κ3) is 6.51. The van der Waals surface area contributed by atoms with Crippen LogP contribution in [0.4, 0.5) is 5.69 Å². The number of aliphatic imine (C=N–C) groups is 1. The van der Waals surface area contributed by atoms with Crippen LogP contribution in [0.1, 0.15) is 94.5 Å². The molecule has 0 spiro atoms. The molecular formula is C47H47NO. The fraction of sp³-hybridized carbons (Fsp3) is 0.255. The Morgan fingerprint density at radius 1 is 0.878 bits per heavy atom. The van der Waals surface area contributed by atoms with E-state index >= 15 is 0 Å². The standard InChI is InChI=1S/C47H47NO/c1-8-17-37-34(9-2)30-32(3)43(37)47(7,44-40-22-12-10-20-38(40)39-21-11-13-23-41(39)44)29-15-14-18-33-25-27-36(28-26-33)48-31-35-19-16-24-42(45(35)49)46(4,5)6/h8-13,16-17,19-28,31,44,49H,2,15,29-30H2,1,3-7H3/b17-8-,48-31?. The van der Waals surface area contributed by atoms with Crippen LogP contribution < -0.4 is 0 Å². The van der Waals surface area contributed by atoms with Crippen LogP contribution in [0.25, 0.3) is 11.1 Å². The van der Waals surface area contributed by atoms with E-state index in [1.54, 1.807) is 6.21 Å². The van der Waals surface area contributed by atoms with Crippen molar-refractivity contribution in [3.8, 4) is 28.7 Å². The molecule has 0 heterocycles. The summed E-state index contributed by atoms with van der Waals surface area (Å²) in [6, 6.07) is 31.8. The minimum atomic E-state index is -0.185. The molecule has 0 bridgehead atoms. The molecule has 4 aromatic carbocycles. The molecule has 2 heteroatoms. The second-order valence-electron chi connectivity index (χ2n) is 14.6. The molecule has 4 aromatic rings. The van der Waals surface area contributed by atoms with Crippen molar-refractivity contribution >= 4 is 11.9 Å². The third-order valence-electron chi connectivity index (χ3n) is 10.2. The fourth-order valence-corrected chi connectivity index (χ4v) is 7.98. The van der Waals surface area contributed by atoms with Crippen LogP contribution in [-0.4, -0.2) is 11.3 Å². The van der Waals surface area contributed by atoms with Crippen molar-refractivity contribution in [2.45, 2.75) is 72.1 Å². The molecule has 49 heavy (non-hydrogen) atoms. The number of phenolic OH excluding ortho intramolecular Hbond substituents is 1. The monoisotopic (exact) mass is 641 g/mol. The number of hydrogen-bond acceptors (Lipinski definition) is 2. The van der Waals surface area contributed by atoms with Crippen LogP contribution in [0.2, 0.25) is 0 Å². The number of benzene rings is 4. The zero-order valence-corrected chi connectivity index (χ0v) is 29.8. The second-order valence-corrected chi connectivity index (χ2v) is 14.6. The predicted molar refractivity (Wildman–Crippen MR) is 208 cm³/mol. The SMILES string of the molecule is C=CC1=C(/C=C\C)C(C(C)(CCC#Cc2ccc(N=Cc3cccc(C(C)(C)C)c3O)cc2)C2c3ccccc3-c3ccccc32)=C(C)C1. The molecule has 0 saturated carbocycles. The summed E-state index contributed by atoms with van der Waals surface area (Å²) in [7, 11) is 0. The summed E-state index contributed by atoms with van der Waals surface area (Å²) < 4.78 is 0. The molecule has 0 aliphatic heterocycles. The van der Waals surface area contributed by atoms with E-state index in [1.165, 1.54) is 44.5 Å². The van der Waals surface area contributed by atoms with Gasteiger partial charge in [0.25, 0.3) is 0 Å². The van der Waals surface area contributed by atoms with Crippen LogP contribution in [0.15, 0.2) is 143 Å². The van der Waals surface area contributed by atoms with Crippen molar-refractivity contribution in [3.63, 3.8) is 0 Å². The Morgan fingerprint density at radius 2 is 1.53 bits per heavy atom. The molecule has 1 unspecified atom stereocenters. The van der Waals surface area contributed by atoms with Crippen LogP contribution in [0.3, 0.4) is 0 Å². The van der Waals surface area contributed by atoms with Crippen molar-refractivity contribution in [1.29, 1.82) is 0 Å². The van der Waals surface area contributed by atoms with Gasteiger partial charge in [-0.2, -0.15) is 0 Å². The van der Waals surface area contributed by atoms with Crippen LogP contribution >= 0.6 is 0 Å². The average molecular weight is 642 g/mol. The Morgan fingerprint density at radius 3 is 2.14 bits per heavy atom. The number of rotatable bonds is 8. The van der Waals surface area contributed by atoms with Gasteiger partial charge in [-0.1, -0.05) is 131 Å². The van der Waals surface area contributed by atoms with Crippen molar-refractivity contribution in [2.24, 2.45) is 10.4 Å². The minimum Gasteiger partial charge on any atom is -0.507 e. The lowest BCUT2D eigenvalue weighted by molar-refractivity contribution is 0.331. The van der Waals surface area contributed by atoms with E-state index < -0.39 is 0 Å². The largest absolute Gasteiger partial charge is 0.507 e. The maximum absolute atomic E-state index is 10.8. The van der Waals surface area contributed by atoms with Gasteiger partial charge < -0.3 is 5.11 Å². The summed E-state index contributed by atoms with van der Waals surface area (Å²) in [4.78, 5) is 4.64. The number of fused-ring (bicyclic) bond motifs is 3. The van der Waals surface area contributed by atoms with E-state index in [-0.39, 0.29) is 22.5 Å². The van der Waals surface area contributed by atoms with Gasteiger partial charge in [-0.3, -0.25) is 4.99 Å². The first-order valence-electron chi connectivity index (χ1n) is 17.4. The Labute approximate surface area is 293 Å². The number of phenols is 1.